The minimum Gasteiger partial charge on any atom is -0.312 e. The monoisotopic (exact) mass is 196 g/mol. The summed E-state index contributed by atoms with van der Waals surface area (Å²) in [7, 11) is 2.24. The van der Waals surface area contributed by atoms with Crippen LogP contribution < -0.4 is 5.32 Å². The number of likely N-dealkylation sites (N-methyl/N-ethyl adjacent to an activating group) is 1. The highest BCUT2D eigenvalue weighted by Gasteiger charge is 2.17. The third-order valence-corrected chi connectivity index (χ3v) is 2.96. The maximum absolute atomic E-state index is 3.50. The summed E-state index contributed by atoms with van der Waals surface area (Å²) in [6.07, 6.45) is 6.39. The van der Waals surface area contributed by atoms with Crippen LogP contribution in [0.3, 0.4) is 0 Å². The fourth-order valence-corrected chi connectivity index (χ4v) is 1.93. The van der Waals surface area contributed by atoms with Gasteiger partial charge in [-0.05, 0) is 40.3 Å². The van der Waals surface area contributed by atoms with Gasteiger partial charge in [0.05, 0.1) is 0 Å². The fraction of sp³-hybridized carbons (Fsp3) is 0.833. The van der Waals surface area contributed by atoms with E-state index < -0.39 is 0 Å². The second-order valence-electron chi connectivity index (χ2n) is 4.57. The molecule has 1 aliphatic rings. The molecule has 0 aliphatic carbocycles. The maximum Gasteiger partial charge on any atom is 0.0217 e. The van der Waals surface area contributed by atoms with Crippen molar-refractivity contribution in [2.75, 3.05) is 26.7 Å². The number of hydrogen-bond acceptors (Lipinski definition) is 2. The SMILES string of the molecule is CC(C)=CCNCC1CCCCN1C. The molecule has 0 spiro atoms. The van der Waals surface area contributed by atoms with E-state index in [1.54, 1.807) is 0 Å². The van der Waals surface area contributed by atoms with Crippen LogP contribution in [0.15, 0.2) is 11.6 Å². The number of piperidine rings is 1. The quantitative estimate of drug-likeness (QED) is 0.547. The lowest BCUT2D eigenvalue weighted by Gasteiger charge is -2.32. The van der Waals surface area contributed by atoms with Crippen LogP contribution in [-0.4, -0.2) is 37.6 Å². The Morgan fingerprint density at radius 3 is 2.86 bits per heavy atom. The highest BCUT2D eigenvalue weighted by atomic mass is 15.2. The second-order valence-corrected chi connectivity index (χ2v) is 4.57. The number of nitrogens with zero attached hydrogens (tertiary/aromatic N) is 1. The lowest BCUT2D eigenvalue weighted by molar-refractivity contribution is 0.183. The van der Waals surface area contributed by atoms with Crippen molar-refractivity contribution in [3.05, 3.63) is 11.6 Å². The van der Waals surface area contributed by atoms with E-state index in [2.05, 4.69) is 37.2 Å². The van der Waals surface area contributed by atoms with Crippen LogP contribution in [0.5, 0.6) is 0 Å². The molecule has 0 aromatic rings. The molecule has 1 atom stereocenters. The Hall–Kier alpha value is -0.340. The Bertz CT molecular complexity index is 183. The van der Waals surface area contributed by atoms with Gasteiger partial charge in [-0.15, -0.1) is 0 Å². The highest BCUT2D eigenvalue weighted by molar-refractivity contribution is 4.94. The molecule has 82 valence electrons. The van der Waals surface area contributed by atoms with E-state index in [1.807, 2.05) is 0 Å². The highest BCUT2D eigenvalue weighted by Crippen LogP contribution is 2.13. The van der Waals surface area contributed by atoms with E-state index in [0.717, 1.165) is 19.1 Å². The molecule has 1 N–H and O–H groups in total. The van der Waals surface area contributed by atoms with Crippen molar-refractivity contribution < 1.29 is 0 Å². The number of hydrogen-bond donors (Lipinski definition) is 1. The van der Waals surface area contributed by atoms with Crippen LogP contribution in [0, 0.1) is 0 Å². The van der Waals surface area contributed by atoms with Gasteiger partial charge in [-0.3, -0.25) is 0 Å². The number of rotatable bonds is 4. The minimum atomic E-state index is 0.759. The maximum atomic E-state index is 3.50. The average molecular weight is 196 g/mol. The van der Waals surface area contributed by atoms with Crippen molar-refractivity contribution in [1.29, 1.82) is 0 Å². The van der Waals surface area contributed by atoms with Crippen LogP contribution in [0.25, 0.3) is 0 Å². The molecule has 1 aliphatic heterocycles. The molecular weight excluding hydrogens is 172 g/mol. The Morgan fingerprint density at radius 2 is 2.21 bits per heavy atom. The summed E-state index contributed by atoms with van der Waals surface area (Å²) in [5, 5.41) is 3.50. The topological polar surface area (TPSA) is 15.3 Å². The number of allylic oxidation sites excluding steroid dienone is 1. The first-order chi connectivity index (χ1) is 6.70. The largest absolute Gasteiger partial charge is 0.312 e. The van der Waals surface area contributed by atoms with Gasteiger partial charge in [0.15, 0.2) is 0 Å². The average Bonchev–Trinajstić information content (AvgIpc) is 2.15. The van der Waals surface area contributed by atoms with E-state index >= 15 is 0 Å². The van der Waals surface area contributed by atoms with Crippen LogP contribution >= 0.6 is 0 Å². The summed E-state index contributed by atoms with van der Waals surface area (Å²) >= 11 is 0. The van der Waals surface area contributed by atoms with E-state index in [0.29, 0.717) is 0 Å². The van der Waals surface area contributed by atoms with Gasteiger partial charge >= 0.3 is 0 Å². The van der Waals surface area contributed by atoms with Crippen molar-refractivity contribution in [2.45, 2.75) is 39.2 Å². The predicted octanol–water partition coefficient (Wildman–Crippen LogP) is 2.03. The zero-order valence-corrected chi connectivity index (χ0v) is 9.84. The van der Waals surface area contributed by atoms with Gasteiger partial charge in [0, 0.05) is 19.1 Å². The van der Waals surface area contributed by atoms with E-state index in [1.165, 1.54) is 31.4 Å². The molecule has 1 heterocycles. The smallest absolute Gasteiger partial charge is 0.0217 e. The van der Waals surface area contributed by atoms with Crippen molar-refractivity contribution in [2.24, 2.45) is 0 Å². The van der Waals surface area contributed by atoms with Crippen molar-refractivity contribution >= 4 is 0 Å². The van der Waals surface area contributed by atoms with Crippen LogP contribution in [0.1, 0.15) is 33.1 Å². The zero-order valence-electron chi connectivity index (χ0n) is 9.84. The molecule has 0 bridgehead atoms. The first-order valence-electron chi connectivity index (χ1n) is 5.74. The first-order valence-corrected chi connectivity index (χ1v) is 5.74. The lowest BCUT2D eigenvalue weighted by atomic mass is 10.0. The van der Waals surface area contributed by atoms with Gasteiger partial charge in [0.1, 0.15) is 0 Å². The molecule has 2 heteroatoms. The molecule has 0 saturated carbocycles. The number of likely N-dealkylation sites (tertiary alicyclic amines) is 1. The second kappa shape index (κ2) is 6.20. The van der Waals surface area contributed by atoms with Gasteiger partial charge in [-0.25, -0.2) is 0 Å². The molecule has 14 heavy (non-hydrogen) atoms. The third kappa shape index (κ3) is 4.25. The van der Waals surface area contributed by atoms with Crippen LogP contribution in [0.4, 0.5) is 0 Å². The minimum absolute atomic E-state index is 0.759. The van der Waals surface area contributed by atoms with Crippen molar-refractivity contribution in [3.63, 3.8) is 0 Å². The molecule has 2 nitrogen and oxygen atoms in total. The normalized spacial score (nSPS) is 23.5. The van der Waals surface area contributed by atoms with Gasteiger partial charge in [-0.2, -0.15) is 0 Å². The third-order valence-electron chi connectivity index (χ3n) is 2.96. The molecule has 1 rings (SSSR count). The van der Waals surface area contributed by atoms with E-state index in [4.69, 9.17) is 0 Å². The van der Waals surface area contributed by atoms with Gasteiger partial charge in [0.2, 0.25) is 0 Å². The molecular formula is C12H24N2. The van der Waals surface area contributed by atoms with Gasteiger partial charge in [-0.1, -0.05) is 18.1 Å². The predicted molar refractivity (Wildman–Crippen MR) is 62.6 cm³/mol. The lowest BCUT2D eigenvalue weighted by Crippen LogP contribution is -2.43. The van der Waals surface area contributed by atoms with Crippen LogP contribution in [-0.2, 0) is 0 Å². The molecule has 0 amide bonds. The summed E-state index contributed by atoms with van der Waals surface area (Å²) in [4.78, 5) is 2.49. The summed E-state index contributed by atoms with van der Waals surface area (Å²) in [6.45, 7) is 7.73. The van der Waals surface area contributed by atoms with Crippen molar-refractivity contribution in [1.82, 2.24) is 10.2 Å². The summed E-state index contributed by atoms with van der Waals surface area (Å²) in [6, 6.07) is 0.759. The van der Waals surface area contributed by atoms with Crippen molar-refractivity contribution in [3.8, 4) is 0 Å². The molecule has 1 fully saturated rings. The summed E-state index contributed by atoms with van der Waals surface area (Å²) < 4.78 is 0. The van der Waals surface area contributed by atoms with E-state index in [9.17, 15) is 0 Å². The van der Waals surface area contributed by atoms with Gasteiger partial charge in [0.25, 0.3) is 0 Å². The Balaban J connectivity index is 2.13. The van der Waals surface area contributed by atoms with Gasteiger partial charge < -0.3 is 10.2 Å². The molecule has 1 unspecified atom stereocenters. The van der Waals surface area contributed by atoms with Crippen LogP contribution in [0.2, 0.25) is 0 Å². The standard InChI is InChI=1S/C12H24N2/c1-11(2)7-8-13-10-12-6-4-5-9-14(12)3/h7,12-13H,4-6,8-10H2,1-3H3. The Morgan fingerprint density at radius 1 is 1.43 bits per heavy atom. The first kappa shape index (κ1) is 11.7. The summed E-state index contributed by atoms with van der Waals surface area (Å²) in [5.41, 5.74) is 1.40. The van der Waals surface area contributed by atoms with E-state index in [-0.39, 0.29) is 0 Å². The molecule has 0 aromatic carbocycles. The molecule has 0 aromatic heterocycles. The summed E-state index contributed by atoms with van der Waals surface area (Å²) in [5.74, 6) is 0. The fourth-order valence-electron chi connectivity index (χ4n) is 1.93. The zero-order chi connectivity index (χ0) is 10.4. The number of nitrogens with one attached hydrogen (secondary N) is 1. The Kier molecular flexibility index (Phi) is 5.20. The Labute approximate surface area is 88.4 Å². The molecule has 1 saturated heterocycles. The molecule has 0 radical (unpaired) electrons.